The number of piperidine rings is 1. The number of hydrogen-bond acceptors (Lipinski definition) is 3. The molecule has 2 aliphatic rings. The summed E-state index contributed by atoms with van der Waals surface area (Å²) in [6.07, 6.45) is 1.74. The lowest BCUT2D eigenvalue weighted by Crippen LogP contribution is -2.55. The summed E-state index contributed by atoms with van der Waals surface area (Å²) in [6, 6.07) is 4.60. The smallest absolute Gasteiger partial charge is 0.127 e. The summed E-state index contributed by atoms with van der Waals surface area (Å²) in [5.41, 5.74) is 6.93. The van der Waals surface area contributed by atoms with Crippen LogP contribution in [0.25, 0.3) is 0 Å². The molecule has 0 amide bonds. The highest BCUT2D eigenvalue weighted by atomic mass is 19.1. The van der Waals surface area contributed by atoms with Crippen molar-refractivity contribution in [2.75, 3.05) is 13.1 Å². The van der Waals surface area contributed by atoms with Gasteiger partial charge in [0.05, 0.1) is 0 Å². The van der Waals surface area contributed by atoms with Gasteiger partial charge in [-0.05, 0) is 19.0 Å². The van der Waals surface area contributed by atoms with Gasteiger partial charge in [-0.25, -0.2) is 4.39 Å². The molecule has 1 aromatic carbocycles. The first kappa shape index (κ1) is 11.9. The van der Waals surface area contributed by atoms with Crippen LogP contribution >= 0.6 is 0 Å². The van der Waals surface area contributed by atoms with E-state index in [1.54, 1.807) is 6.07 Å². The third-order valence-electron chi connectivity index (χ3n) is 4.33. The molecule has 0 radical (unpaired) electrons. The molecule has 3 rings (SSSR count). The van der Waals surface area contributed by atoms with Crippen LogP contribution in [0.4, 0.5) is 4.39 Å². The Balaban J connectivity index is 1.99. The number of benzene rings is 1. The van der Waals surface area contributed by atoms with Gasteiger partial charge in [-0.1, -0.05) is 13.0 Å². The van der Waals surface area contributed by atoms with Crippen molar-refractivity contribution in [3.05, 3.63) is 29.6 Å². The van der Waals surface area contributed by atoms with E-state index >= 15 is 0 Å². The number of nitrogens with two attached hydrogens (primary N) is 1. The molecule has 1 fully saturated rings. The van der Waals surface area contributed by atoms with Gasteiger partial charge in [0.1, 0.15) is 17.2 Å². The van der Waals surface area contributed by atoms with Crippen molar-refractivity contribution >= 4 is 0 Å². The number of hydrogen-bond donors (Lipinski definition) is 2. The Morgan fingerprint density at radius 1 is 1.50 bits per heavy atom. The summed E-state index contributed by atoms with van der Waals surface area (Å²) in [5.74, 6) is 0.746. The topological polar surface area (TPSA) is 47.3 Å². The van der Waals surface area contributed by atoms with Crippen molar-refractivity contribution in [3.8, 4) is 5.75 Å². The molecule has 0 bridgehead atoms. The Morgan fingerprint density at radius 2 is 2.33 bits per heavy atom. The van der Waals surface area contributed by atoms with Crippen molar-refractivity contribution in [1.29, 1.82) is 0 Å². The Morgan fingerprint density at radius 3 is 3.11 bits per heavy atom. The quantitative estimate of drug-likeness (QED) is 0.740. The first-order valence-corrected chi connectivity index (χ1v) is 6.55. The molecule has 0 aromatic heterocycles. The molecule has 0 saturated carbocycles. The van der Waals surface area contributed by atoms with E-state index in [0.717, 1.165) is 31.5 Å². The van der Waals surface area contributed by atoms with E-state index in [0.29, 0.717) is 11.7 Å². The normalized spacial score (nSPS) is 35.1. The van der Waals surface area contributed by atoms with Gasteiger partial charge in [-0.3, -0.25) is 0 Å². The van der Waals surface area contributed by atoms with Gasteiger partial charge < -0.3 is 15.8 Å². The highest BCUT2D eigenvalue weighted by Crippen LogP contribution is 2.44. The Hall–Kier alpha value is -1.13. The first-order valence-electron chi connectivity index (χ1n) is 6.55. The van der Waals surface area contributed by atoms with Crippen molar-refractivity contribution in [1.82, 2.24) is 5.32 Å². The molecule has 98 valence electrons. The van der Waals surface area contributed by atoms with Gasteiger partial charge in [-0.2, -0.15) is 0 Å². The molecule has 3 atom stereocenters. The van der Waals surface area contributed by atoms with E-state index in [1.807, 2.05) is 0 Å². The number of nitrogens with one attached hydrogen (secondary N) is 1. The molecule has 3 N–H and O–H groups in total. The van der Waals surface area contributed by atoms with Crippen LogP contribution in [0, 0.1) is 11.7 Å². The summed E-state index contributed by atoms with van der Waals surface area (Å²) in [5, 5.41) is 3.36. The van der Waals surface area contributed by atoms with Gasteiger partial charge in [-0.15, -0.1) is 0 Å². The standard InChI is InChI=1S/C14H19FN2O/c1-9-8-17-5-4-14(9)7-12(16)11-3-2-10(15)6-13(11)18-14/h2-3,6,9,12,17H,4-5,7-8,16H2,1H3/t9?,12-,14?/m1/s1. The molecule has 4 heteroatoms. The van der Waals surface area contributed by atoms with Crippen LogP contribution in [0.15, 0.2) is 18.2 Å². The second-order valence-corrected chi connectivity index (χ2v) is 5.51. The molecule has 2 unspecified atom stereocenters. The lowest BCUT2D eigenvalue weighted by atomic mass is 9.75. The summed E-state index contributed by atoms with van der Waals surface area (Å²) in [6.45, 7) is 4.03. The highest BCUT2D eigenvalue weighted by molar-refractivity contribution is 5.39. The van der Waals surface area contributed by atoms with Crippen LogP contribution in [0.1, 0.15) is 31.4 Å². The third kappa shape index (κ3) is 1.80. The van der Waals surface area contributed by atoms with E-state index < -0.39 is 0 Å². The molecular weight excluding hydrogens is 231 g/mol. The molecule has 2 aliphatic heterocycles. The van der Waals surface area contributed by atoms with Crippen molar-refractivity contribution in [2.45, 2.75) is 31.4 Å². The molecule has 1 aromatic rings. The van der Waals surface area contributed by atoms with Crippen LogP contribution in [0.5, 0.6) is 5.75 Å². The fourth-order valence-corrected chi connectivity index (χ4v) is 3.15. The highest BCUT2D eigenvalue weighted by Gasteiger charge is 2.45. The number of fused-ring (bicyclic) bond motifs is 1. The molecule has 1 spiro atoms. The van der Waals surface area contributed by atoms with Crippen LogP contribution < -0.4 is 15.8 Å². The zero-order chi connectivity index (χ0) is 12.8. The van der Waals surface area contributed by atoms with E-state index in [-0.39, 0.29) is 17.5 Å². The zero-order valence-corrected chi connectivity index (χ0v) is 10.6. The van der Waals surface area contributed by atoms with Crippen LogP contribution in [0.3, 0.4) is 0 Å². The van der Waals surface area contributed by atoms with E-state index in [4.69, 9.17) is 10.5 Å². The number of rotatable bonds is 0. The fourth-order valence-electron chi connectivity index (χ4n) is 3.15. The summed E-state index contributed by atoms with van der Waals surface area (Å²) in [4.78, 5) is 0. The fraction of sp³-hybridized carbons (Fsp3) is 0.571. The summed E-state index contributed by atoms with van der Waals surface area (Å²) >= 11 is 0. The van der Waals surface area contributed by atoms with E-state index in [9.17, 15) is 4.39 Å². The maximum Gasteiger partial charge on any atom is 0.127 e. The molecule has 18 heavy (non-hydrogen) atoms. The number of halogens is 1. The second kappa shape index (κ2) is 4.21. The van der Waals surface area contributed by atoms with Gasteiger partial charge >= 0.3 is 0 Å². The van der Waals surface area contributed by atoms with Gasteiger partial charge in [0.25, 0.3) is 0 Å². The van der Waals surface area contributed by atoms with Crippen molar-refractivity contribution < 1.29 is 9.13 Å². The van der Waals surface area contributed by atoms with E-state index in [2.05, 4.69) is 12.2 Å². The molecule has 1 saturated heterocycles. The Kier molecular flexibility index (Phi) is 2.79. The predicted octanol–water partition coefficient (Wildman–Crippen LogP) is 1.98. The summed E-state index contributed by atoms with van der Waals surface area (Å²) < 4.78 is 19.5. The second-order valence-electron chi connectivity index (χ2n) is 5.51. The summed E-state index contributed by atoms with van der Waals surface area (Å²) in [7, 11) is 0. The Labute approximate surface area is 107 Å². The van der Waals surface area contributed by atoms with Gasteiger partial charge in [0.2, 0.25) is 0 Å². The average Bonchev–Trinajstić information content (AvgIpc) is 2.32. The maximum absolute atomic E-state index is 13.3. The van der Waals surface area contributed by atoms with Crippen LogP contribution in [0.2, 0.25) is 0 Å². The lowest BCUT2D eigenvalue weighted by Gasteiger charge is -2.47. The zero-order valence-electron chi connectivity index (χ0n) is 10.6. The maximum atomic E-state index is 13.3. The van der Waals surface area contributed by atoms with Crippen LogP contribution in [-0.2, 0) is 0 Å². The first-order chi connectivity index (χ1) is 8.61. The third-order valence-corrected chi connectivity index (χ3v) is 4.33. The van der Waals surface area contributed by atoms with Crippen molar-refractivity contribution in [3.63, 3.8) is 0 Å². The van der Waals surface area contributed by atoms with Gasteiger partial charge in [0.15, 0.2) is 0 Å². The molecule has 3 nitrogen and oxygen atoms in total. The minimum atomic E-state index is -0.264. The van der Waals surface area contributed by atoms with E-state index in [1.165, 1.54) is 12.1 Å². The SMILES string of the molecule is CC1CNCCC12C[C@@H](N)c1ccc(F)cc1O2. The molecule has 0 aliphatic carbocycles. The average molecular weight is 250 g/mol. The molecular formula is C14H19FN2O. The van der Waals surface area contributed by atoms with Crippen LogP contribution in [-0.4, -0.2) is 18.7 Å². The molecule has 2 heterocycles. The Bertz CT molecular complexity index is 465. The minimum absolute atomic E-state index is 0.0603. The minimum Gasteiger partial charge on any atom is -0.486 e. The number of ether oxygens (including phenoxy) is 1. The van der Waals surface area contributed by atoms with Gasteiger partial charge in [0, 0.05) is 36.6 Å². The lowest BCUT2D eigenvalue weighted by molar-refractivity contribution is -0.0337. The monoisotopic (exact) mass is 250 g/mol. The largest absolute Gasteiger partial charge is 0.486 e. The predicted molar refractivity (Wildman–Crippen MR) is 68.0 cm³/mol. The van der Waals surface area contributed by atoms with Crippen molar-refractivity contribution in [2.24, 2.45) is 11.7 Å².